The van der Waals surface area contributed by atoms with E-state index in [4.69, 9.17) is 11.6 Å². The van der Waals surface area contributed by atoms with Gasteiger partial charge in [-0.25, -0.2) is 4.98 Å². The molecule has 0 fully saturated rings. The molecular formula is C12H10ClFN2O. The molecule has 0 amide bonds. The number of aromatic nitrogens is 1. The van der Waals surface area contributed by atoms with E-state index in [9.17, 15) is 9.50 Å². The van der Waals surface area contributed by atoms with Crippen LogP contribution in [-0.4, -0.2) is 10.1 Å². The summed E-state index contributed by atoms with van der Waals surface area (Å²) in [6.07, 6.45) is 1.41. The molecule has 2 N–H and O–H groups in total. The second-order valence-electron chi connectivity index (χ2n) is 3.51. The van der Waals surface area contributed by atoms with Gasteiger partial charge in [-0.3, -0.25) is 0 Å². The largest absolute Gasteiger partial charge is 0.506 e. The van der Waals surface area contributed by atoms with Crippen molar-refractivity contribution >= 4 is 17.3 Å². The zero-order chi connectivity index (χ0) is 12.3. The van der Waals surface area contributed by atoms with Gasteiger partial charge >= 0.3 is 0 Å². The Labute approximate surface area is 103 Å². The summed E-state index contributed by atoms with van der Waals surface area (Å²) in [7, 11) is 0. The molecule has 0 aliphatic rings. The van der Waals surface area contributed by atoms with Crippen LogP contribution >= 0.6 is 11.6 Å². The van der Waals surface area contributed by atoms with E-state index in [2.05, 4.69) is 10.3 Å². The first-order valence-electron chi connectivity index (χ1n) is 4.98. The van der Waals surface area contributed by atoms with E-state index in [1.54, 1.807) is 18.2 Å². The monoisotopic (exact) mass is 252 g/mol. The Bertz CT molecular complexity index is 516. The van der Waals surface area contributed by atoms with Gasteiger partial charge in [0.2, 0.25) is 5.95 Å². The van der Waals surface area contributed by atoms with E-state index in [1.807, 2.05) is 0 Å². The van der Waals surface area contributed by atoms with Crippen molar-refractivity contribution in [2.75, 3.05) is 5.32 Å². The van der Waals surface area contributed by atoms with E-state index in [0.29, 0.717) is 11.6 Å². The number of halogens is 2. The van der Waals surface area contributed by atoms with Crippen LogP contribution in [0.25, 0.3) is 0 Å². The van der Waals surface area contributed by atoms with Crippen molar-refractivity contribution in [3.8, 4) is 5.75 Å². The van der Waals surface area contributed by atoms with Gasteiger partial charge in [-0.15, -0.1) is 0 Å². The number of benzene rings is 1. The molecule has 0 spiro atoms. The van der Waals surface area contributed by atoms with Crippen molar-refractivity contribution in [3.63, 3.8) is 0 Å². The van der Waals surface area contributed by atoms with Crippen LogP contribution in [0.1, 0.15) is 5.56 Å². The highest BCUT2D eigenvalue weighted by Gasteiger charge is 2.00. The third-order valence-corrected chi connectivity index (χ3v) is 2.54. The van der Waals surface area contributed by atoms with Gasteiger partial charge in [0.05, 0.1) is 16.9 Å². The Morgan fingerprint density at radius 1 is 1.29 bits per heavy atom. The van der Waals surface area contributed by atoms with E-state index in [-0.39, 0.29) is 5.75 Å². The van der Waals surface area contributed by atoms with Gasteiger partial charge in [0.25, 0.3) is 0 Å². The summed E-state index contributed by atoms with van der Waals surface area (Å²) < 4.78 is 12.6. The molecule has 0 bridgehead atoms. The predicted molar refractivity (Wildman–Crippen MR) is 64.6 cm³/mol. The van der Waals surface area contributed by atoms with Crippen molar-refractivity contribution in [1.29, 1.82) is 0 Å². The molecule has 2 aromatic rings. The highest BCUT2D eigenvalue weighted by atomic mass is 35.5. The Balaban J connectivity index is 2.02. The van der Waals surface area contributed by atoms with Crippen LogP contribution in [0.15, 0.2) is 36.5 Å². The summed E-state index contributed by atoms with van der Waals surface area (Å²) in [6.45, 7) is 0.521. The molecule has 88 valence electrons. The highest BCUT2D eigenvalue weighted by molar-refractivity contribution is 6.32. The number of anilines is 1. The van der Waals surface area contributed by atoms with Crippen molar-refractivity contribution in [1.82, 2.24) is 4.98 Å². The molecule has 1 aromatic carbocycles. The molecule has 0 unspecified atom stereocenters. The number of rotatable bonds is 3. The Morgan fingerprint density at radius 2 is 2.12 bits per heavy atom. The van der Waals surface area contributed by atoms with Crippen LogP contribution in [0, 0.1) is 5.95 Å². The van der Waals surface area contributed by atoms with Crippen molar-refractivity contribution in [2.45, 2.75) is 6.54 Å². The predicted octanol–water partition coefficient (Wildman–Crippen LogP) is 3.19. The van der Waals surface area contributed by atoms with Gasteiger partial charge in [-0.1, -0.05) is 17.7 Å². The maximum Gasteiger partial charge on any atom is 0.212 e. The van der Waals surface area contributed by atoms with E-state index in [1.165, 1.54) is 18.3 Å². The standard InChI is InChI=1S/C12H10ClFN2O/c13-10-5-8(1-3-11(10)17)6-15-9-2-4-12(14)16-7-9/h1-5,7,15,17H,6H2. The fourth-order valence-corrected chi connectivity index (χ4v) is 1.55. The van der Waals surface area contributed by atoms with E-state index in [0.717, 1.165) is 11.3 Å². The highest BCUT2D eigenvalue weighted by Crippen LogP contribution is 2.23. The molecule has 0 saturated carbocycles. The smallest absolute Gasteiger partial charge is 0.212 e. The minimum atomic E-state index is -0.511. The molecule has 0 radical (unpaired) electrons. The zero-order valence-corrected chi connectivity index (χ0v) is 9.58. The van der Waals surface area contributed by atoms with Gasteiger partial charge in [0.15, 0.2) is 0 Å². The molecule has 17 heavy (non-hydrogen) atoms. The Kier molecular flexibility index (Phi) is 3.44. The number of nitrogens with zero attached hydrogens (tertiary/aromatic N) is 1. The SMILES string of the molecule is Oc1ccc(CNc2ccc(F)nc2)cc1Cl. The molecule has 0 saturated heterocycles. The summed E-state index contributed by atoms with van der Waals surface area (Å²) in [5.74, 6) is -0.456. The summed E-state index contributed by atoms with van der Waals surface area (Å²) >= 11 is 5.78. The quantitative estimate of drug-likeness (QED) is 0.825. The van der Waals surface area contributed by atoms with Gasteiger partial charge in [-0.2, -0.15) is 4.39 Å². The number of aromatic hydroxyl groups is 1. The average Bonchev–Trinajstić information content (AvgIpc) is 2.33. The van der Waals surface area contributed by atoms with Crippen molar-refractivity contribution < 1.29 is 9.50 Å². The Morgan fingerprint density at radius 3 is 2.76 bits per heavy atom. The minimum absolute atomic E-state index is 0.0545. The lowest BCUT2D eigenvalue weighted by molar-refractivity contribution is 0.475. The summed E-state index contributed by atoms with van der Waals surface area (Å²) in [4.78, 5) is 3.53. The minimum Gasteiger partial charge on any atom is -0.506 e. The first kappa shape index (κ1) is 11.7. The number of phenolic OH excluding ortho intramolecular Hbond substituents is 1. The third kappa shape index (κ3) is 3.07. The van der Waals surface area contributed by atoms with Gasteiger partial charge in [0.1, 0.15) is 5.75 Å². The second kappa shape index (κ2) is 5.01. The van der Waals surface area contributed by atoms with Crippen LogP contribution in [0.4, 0.5) is 10.1 Å². The zero-order valence-electron chi connectivity index (χ0n) is 8.82. The van der Waals surface area contributed by atoms with Gasteiger partial charge < -0.3 is 10.4 Å². The van der Waals surface area contributed by atoms with Crippen molar-refractivity contribution in [3.05, 3.63) is 53.1 Å². The fourth-order valence-electron chi connectivity index (χ4n) is 1.34. The molecule has 0 aliphatic carbocycles. The summed E-state index contributed by atoms with van der Waals surface area (Å²) in [5, 5.41) is 12.6. The van der Waals surface area contributed by atoms with Crippen LogP contribution in [0.2, 0.25) is 5.02 Å². The molecule has 3 nitrogen and oxygen atoms in total. The number of nitrogens with one attached hydrogen (secondary N) is 1. The van der Waals surface area contributed by atoms with Crippen molar-refractivity contribution in [2.24, 2.45) is 0 Å². The average molecular weight is 253 g/mol. The summed E-state index contributed by atoms with van der Waals surface area (Å²) in [5.41, 5.74) is 1.63. The first-order chi connectivity index (χ1) is 8.15. The van der Waals surface area contributed by atoms with Gasteiger partial charge in [-0.05, 0) is 29.8 Å². The molecule has 2 rings (SSSR count). The first-order valence-corrected chi connectivity index (χ1v) is 5.36. The van der Waals surface area contributed by atoms with Crippen LogP contribution < -0.4 is 5.32 Å². The lowest BCUT2D eigenvalue weighted by atomic mass is 10.2. The lowest BCUT2D eigenvalue weighted by Gasteiger charge is -2.06. The normalized spacial score (nSPS) is 10.2. The third-order valence-electron chi connectivity index (χ3n) is 2.24. The van der Waals surface area contributed by atoms with Crippen LogP contribution in [0.3, 0.4) is 0 Å². The van der Waals surface area contributed by atoms with E-state index >= 15 is 0 Å². The summed E-state index contributed by atoms with van der Waals surface area (Å²) in [6, 6.07) is 7.84. The molecular weight excluding hydrogens is 243 g/mol. The number of phenols is 1. The second-order valence-corrected chi connectivity index (χ2v) is 3.92. The molecule has 1 aromatic heterocycles. The number of pyridine rings is 1. The maximum absolute atomic E-state index is 12.6. The topological polar surface area (TPSA) is 45.1 Å². The molecule has 0 atom stereocenters. The lowest BCUT2D eigenvalue weighted by Crippen LogP contribution is -1.99. The van der Waals surface area contributed by atoms with Crippen LogP contribution in [0.5, 0.6) is 5.75 Å². The molecule has 1 heterocycles. The number of hydrogen-bond donors (Lipinski definition) is 2. The van der Waals surface area contributed by atoms with Crippen LogP contribution in [-0.2, 0) is 6.54 Å². The Hall–Kier alpha value is -1.81. The molecule has 0 aliphatic heterocycles. The van der Waals surface area contributed by atoms with Gasteiger partial charge in [0, 0.05) is 6.54 Å². The maximum atomic E-state index is 12.6. The number of hydrogen-bond acceptors (Lipinski definition) is 3. The fraction of sp³-hybridized carbons (Fsp3) is 0.0833. The van der Waals surface area contributed by atoms with E-state index < -0.39 is 5.95 Å². The molecule has 5 heteroatoms.